The molecule has 1 aromatic heterocycles. The van der Waals surface area contributed by atoms with Crippen molar-refractivity contribution < 1.29 is 0 Å². The number of halogens is 1. The second kappa shape index (κ2) is 5.37. The smallest absolute Gasteiger partial charge is 0.129 e. The van der Waals surface area contributed by atoms with Gasteiger partial charge in [0.05, 0.1) is 0 Å². The van der Waals surface area contributed by atoms with Crippen molar-refractivity contribution in [2.24, 2.45) is 0 Å². The van der Waals surface area contributed by atoms with E-state index in [1.165, 1.54) is 16.0 Å². The van der Waals surface area contributed by atoms with E-state index in [0.29, 0.717) is 5.15 Å². The van der Waals surface area contributed by atoms with Crippen molar-refractivity contribution in [3.63, 3.8) is 0 Å². The summed E-state index contributed by atoms with van der Waals surface area (Å²) in [6, 6.07) is 12.4. The third-order valence-electron chi connectivity index (χ3n) is 2.22. The molecule has 0 unspecified atom stereocenters. The molecule has 0 N–H and O–H groups in total. The summed E-state index contributed by atoms with van der Waals surface area (Å²) in [4.78, 5) is 5.34. The lowest BCUT2D eigenvalue weighted by atomic mass is 10.2. The molecule has 0 spiro atoms. The zero-order chi connectivity index (χ0) is 11.4. The van der Waals surface area contributed by atoms with Gasteiger partial charge in [0.2, 0.25) is 0 Å². The van der Waals surface area contributed by atoms with Crippen molar-refractivity contribution in [2.45, 2.75) is 17.6 Å². The monoisotopic (exact) mass is 249 g/mol. The van der Waals surface area contributed by atoms with E-state index in [2.05, 4.69) is 36.2 Å². The van der Waals surface area contributed by atoms with E-state index in [0.717, 1.165) is 5.75 Å². The van der Waals surface area contributed by atoms with Gasteiger partial charge in [-0.3, -0.25) is 0 Å². The Kier molecular flexibility index (Phi) is 3.86. The zero-order valence-electron chi connectivity index (χ0n) is 8.98. The summed E-state index contributed by atoms with van der Waals surface area (Å²) in [5, 5.41) is 0.545. The Balaban J connectivity index is 1.97. The van der Waals surface area contributed by atoms with Crippen molar-refractivity contribution in [2.75, 3.05) is 0 Å². The van der Waals surface area contributed by atoms with Gasteiger partial charge in [0.15, 0.2) is 0 Å². The Morgan fingerprint density at radius 2 is 1.88 bits per heavy atom. The number of hydrogen-bond donors (Lipinski definition) is 0. The average Bonchev–Trinajstić information content (AvgIpc) is 2.30. The Labute approximate surface area is 105 Å². The molecule has 1 heterocycles. The molecule has 0 fully saturated rings. The minimum absolute atomic E-state index is 0.545. The third kappa shape index (κ3) is 3.26. The average molecular weight is 250 g/mol. The third-order valence-corrected chi connectivity index (χ3v) is 3.52. The maximum atomic E-state index is 5.73. The molecular weight excluding hydrogens is 238 g/mol. The van der Waals surface area contributed by atoms with E-state index in [1.54, 1.807) is 11.8 Å². The first-order valence-corrected chi connectivity index (χ1v) is 6.40. The highest BCUT2D eigenvalue weighted by molar-refractivity contribution is 7.98. The standard InChI is InChI=1S/C13H12ClNS/c1-10-2-5-12(6-3-10)16-9-11-4-7-13(14)15-8-11/h2-8H,9H2,1H3. The SMILES string of the molecule is Cc1ccc(SCc2ccc(Cl)nc2)cc1. The van der Waals surface area contributed by atoms with Crippen LogP contribution in [0.2, 0.25) is 5.15 Å². The molecule has 0 amide bonds. The van der Waals surface area contributed by atoms with Crippen LogP contribution in [0.1, 0.15) is 11.1 Å². The normalized spacial score (nSPS) is 10.4. The fourth-order valence-corrected chi connectivity index (χ4v) is 2.24. The molecule has 0 radical (unpaired) electrons. The van der Waals surface area contributed by atoms with E-state index in [1.807, 2.05) is 18.3 Å². The van der Waals surface area contributed by atoms with Crippen LogP contribution in [0, 0.1) is 6.92 Å². The van der Waals surface area contributed by atoms with Gasteiger partial charge in [-0.05, 0) is 30.7 Å². The number of thioether (sulfide) groups is 1. The topological polar surface area (TPSA) is 12.9 Å². The number of rotatable bonds is 3. The predicted molar refractivity (Wildman–Crippen MR) is 70.0 cm³/mol. The Morgan fingerprint density at radius 1 is 1.12 bits per heavy atom. The maximum absolute atomic E-state index is 5.73. The highest BCUT2D eigenvalue weighted by atomic mass is 35.5. The minimum Gasteiger partial charge on any atom is -0.244 e. The van der Waals surface area contributed by atoms with Gasteiger partial charge in [-0.25, -0.2) is 4.98 Å². The maximum Gasteiger partial charge on any atom is 0.129 e. The summed E-state index contributed by atoms with van der Waals surface area (Å²) in [5.41, 5.74) is 2.48. The molecule has 16 heavy (non-hydrogen) atoms. The zero-order valence-corrected chi connectivity index (χ0v) is 10.6. The Bertz CT molecular complexity index is 405. The molecule has 1 nitrogen and oxygen atoms in total. The summed E-state index contributed by atoms with van der Waals surface area (Å²) in [6.07, 6.45) is 1.82. The molecule has 0 saturated heterocycles. The lowest BCUT2D eigenvalue weighted by Gasteiger charge is -2.02. The van der Waals surface area contributed by atoms with Crippen molar-refractivity contribution in [3.8, 4) is 0 Å². The van der Waals surface area contributed by atoms with Crippen molar-refractivity contribution in [1.82, 2.24) is 4.98 Å². The number of pyridine rings is 1. The molecule has 3 heteroatoms. The summed E-state index contributed by atoms with van der Waals surface area (Å²) < 4.78 is 0. The summed E-state index contributed by atoms with van der Waals surface area (Å²) in [7, 11) is 0. The molecule has 0 bridgehead atoms. The second-order valence-electron chi connectivity index (χ2n) is 3.59. The summed E-state index contributed by atoms with van der Waals surface area (Å²) in [5.74, 6) is 0.924. The molecule has 0 aliphatic rings. The second-order valence-corrected chi connectivity index (χ2v) is 5.03. The number of aryl methyl sites for hydroxylation is 1. The van der Waals surface area contributed by atoms with Crippen LogP contribution in [0.5, 0.6) is 0 Å². The molecule has 82 valence electrons. The van der Waals surface area contributed by atoms with Crippen molar-refractivity contribution >= 4 is 23.4 Å². The van der Waals surface area contributed by atoms with Crippen LogP contribution in [0.3, 0.4) is 0 Å². The summed E-state index contributed by atoms with van der Waals surface area (Å²) >= 11 is 7.53. The number of aromatic nitrogens is 1. The first kappa shape index (κ1) is 11.5. The first-order valence-electron chi connectivity index (χ1n) is 5.04. The van der Waals surface area contributed by atoms with Crippen molar-refractivity contribution in [1.29, 1.82) is 0 Å². The molecular formula is C13H12ClNS. The first-order chi connectivity index (χ1) is 7.74. The van der Waals surface area contributed by atoms with Crippen LogP contribution in [0.4, 0.5) is 0 Å². The van der Waals surface area contributed by atoms with E-state index >= 15 is 0 Å². The van der Waals surface area contributed by atoms with Crippen LogP contribution >= 0.6 is 23.4 Å². The number of nitrogens with zero attached hydrogens (tertiary/aromatic N) is 1. The Morgan fingerprint density at radius 3 is 2.50 bits per heavy atom. The van der Waals surface area contributed by atoms with Gasteiger partial charge in [-0.1, -0.05) is 35.4 Å². The highest BCUT2D eigenvalue weighted by Gasteiger charge is 1.97. The highest BCUT2D eigenvalue weighted by Crippen LogP contribution is 2.22. The van der Waals surface area contributed by atoms with E-state index in [9.17, 15) is 0 Å². The van der Waals surface area contributed by atoms with E-state index < -0.39 is 0 Å². The van der Waals surface area contributed by atoms with Gasteiger partial charge in [0, 0.05) is 16.8 Å². The molecule has 2 rings (SSSR count). The quantitative estimate of drug-likeness (QED) is 0.593. The molecule has 2 aromatic rings. The van der Waals surface area contributed by atoms with E-state index in [4.69, 9.17) is 11.6 Å². The number of benzene rings is 1. The molecule has 0 aliphatic carbocycles. The fourth-order valence-electron chi connectivity index (χ4n) is 1.29. The number of hydrogen-bond acceptors (Lipinski definition) is 2. The van der Waals surface area contributed by atoms with E-state index in [-0.39, 0.29) is 0 Å². The molecule has 0 aliphatic heterocycles. The van der Waals surface area contributed by atoms with Crippen LogP contribution < -0.4 is 0 Å². The van der Waals surface area contributed by atoms with Gasteiger partial charge in [0.1, 0.15) is 5.15 Å². The lowest BCUT2D eigenvalue weighted by Crippen LogP contribution is -1.83. The largest absolute Gasteiger partial charge is 0.244 e. The van der Waals surface area contributed by atoms with Crippen LogP contribution in [0.15, 0.2) is 47.5 Å². The minimum atomic E-state index is 0.545. The van der Waals surface area contributed by atoms with Gasteiger partial charge < -0.3 is 0 Å². The van der Waals surface area contributed by atoms with Crippen molar-refractivity contribution in [3.05, 3.63) is 58.9 Å². The molecule has 0 saturated carbocycles. The molecule has 0 atom stereocenters. The van der Waals surface area contributed by atoms with Gasteiger partial charge in [0.25, 0.3) is 0 Å². The lowest BCUT2D eigenvalue weighted by molar-refractivity contribution is 1.25. The fraction of sp³-hybridized carbons (Fsp3) is 0.154. The van der Waals surface area contributed by atoms with Crippen LogP contribution in [-0.2, 0) is 5.75 Å². The van der Waals surface area contributed by atoms with Crippen LogP contribution in [-0.4, -0.2) is 4.98 Å². The Hall–Kier alpha value is -0.990. The summed E-state index contributed by atoms with van der Waals surface area (Å²) in [6.45, 7) is 2.09. The predicted octanol–water partition coefficient (Wildman–Crippen LogP) is 4.34. The van der Waals surface area contributed by atoms with Crippen LogP contribution in [0.25, 0.3) is 0 Å². The van der Waals surface area contributed by atoms with Gasteiger partial charge in [-0.15, -0.1) is 11.8 Å². The van der Waals surface area contributed by atoms with Gasteiger partial charge >= 0.3 is 0 Å². The van der Waals surface area contributed by atoms with Gasteiger partial charge in [-0.2, -0.15) is 0 Å². The molecule has 1 aromatic carbocycles.